The van der Waals surface area contributed by atoms with Crippen molar-refractivity contribution >= 4 is 23.3 Å². The lowest BCUT2D eigenvalue weighted by Crippen LogP contribution is -2.37. The molecule has 1 amide bonds. The largest absolute Gasteiger partial charge is 0.409 e. The number of hydrogen-bond donors (Lipinski definition) is 3. The summed E-state index contributed by atoms with van der Waals surface area (Å²) >= 11 is 5.79. The first-order chi connectivity index (χ1) is 8.97. The minimum atomic E-state index is -0.509. The first kappa shape index (κ1) is 15.2. The van der Waals surface area contributed by atoms with E-state index in [1.165, 1.54) is 6.07 Å². The van der Waals surface area contributed by atoms with Crippen molar-refractivity contribution in [2.24, 2.45) is 10.9 Å². The van der Waals surface area contributed by atoms with Crippen molar-refractivity contribution in [1.82, 2.24) is 5.32 Å². The van der Waals surface area contributed by atoms with Crippen LogP contribution in [0.15, 0.2) is 23.4 Å². The van der Waals surface area contributed by atoms with Gasteiger partial charge < -0.3 is 16.3 Å². The van der Waals surface area contributed by atoms with E-state index in [1.54, 1.807) is 0 Å². The van der Waals surface area contributed by atoms with E-state index in [4.69, 9.17) is 22.5 Å². The van der Waals surface area contributed by atoms with Gasteiger partial charge in [-0.25, -0.2) is 4.39 Å². The van der Waals surface area contributed by atoms with Gasteiger partial charge in [-0.1, -0.05) is 23.7 Å². The molecule has 0 aromatic heterocycles. The average Bonchev–Trinajstić information content (AvgIpc) is 2.37. The summed E-state index contributed by atoms with van der Waals surface area (Å²) in [6.45, 7) is 1.85. The average molecular weight is 288 g/mol. The van der Waals surface area contributed by atoms with Crippen LogP contribution in [0.1, 0.15) is 30.1 Å². The molecule has 0 heterocycles. The molecular weight excluding hydrogens is 273 g/mol. The predicted octanol–water partition coefficient (Wildman–Crippen LogP) is 2.12. The fourth-order valence-electron chi connectivity index (χ4n) is 1.53. The molecule has 1 unspecified atom stereocenters. The third-order valence-corrected chi connectivity index (χ3v) is 2.90. The monoisotopic (exact) mass is 287 g/mol. The van der Waals surface area contributed by atoms with E-state index >= 15 is 0 Å². The molecule has 1 atom stereocenters. The van der Waals surface area contributed by atoms with E-state index in [0.717, 1.165) is 12.1 Å². The standard InChI is InChI=1S/C12H15ClFN3O2/c1-2-8(6-11(15)17-19)16-12(18)9-4-3-7(14)5-10(9)13/h3-5,8,19H,2,6H2,1H3,(H2,15,17)(H,16,18). The highest BCUT2D eigenvalue weighted by atomic mass is 35.5. The second-order valence-corrected chi connectivity index (χ2v) is 4.41. The van der Waals surface area contributed by atoms with Gasteiger partial charge in [0.1, 0.15) is 11.7 Å². The van der Waals surface area contributed by atoms with Crippen LogP contribution in [0.4, 0.5) is 4.39 Å². The summed E-state index contributed by atoms with van der Waals surface area (Å²) in [7, 11) is 0. The number of oxime groups is 1. The molecule has 7 heteroatoms. The maximum atomic E-state index is 12.9. The summed E-state index contributed by atoms with van der Waals surface area (Å²) < 4.78 is 12.9. The Morgan fingerprint density at radius 3 is 2.84 bits per heavy atom. The van der Waals surface area contributed by atoms with Gasteiger partial charge in [-0.2, -0.15) is 0 Å². The van der Waals surface area contributed by atoms with Gasteiger partial charge in [0.2, 0.25) is 0 Å². The van der Waals surface area contributed by atoms with E-state index in [2.05, 4.69) is 10.5 Å². The number of benzene rings is 1. The van der Waals surface area contributed by atoms with Gasteiger partial charge in [0.25, 0.3) is 5.91 Å². The first-order valence-corrected chi connectivity index (χ1v) is 6.08. The molecule has 0 fully saturated rings. The lowest BCUT2D eigenvalue weighted by Gasteiger charge is -2.16. The number of amidine groups is 1. The highest BCUT2D eigenvalue weighted by Gasteiger charge is 2.16. The van der Waals surface area contributed by atoms with Gasteiger partial charge in [-0.05, 0) is 24.6 Å². The number of carbonyl (C=O) groups excluding carboxylic acids is 1. The number of halogens is 2. The van der Waals surface area contributed by atoms with E-state index < -0.39 is 11.7 Å². The van der Waals surface area contributed by atoms with Crippen molar-refractivity contribution in [3.63, 3.8) is 0 Å². The number of nitrogens with two attached hydrogens (primary N) is 1. The van der Waals surface area contributed by atoms with E-state index in [0.29, 0.717) is 6.42 Å². The molecule has 104 valence electrons. The summed E-state index contributed by atoms with van der Waals surface area (Å²) in [6, 6.07) is 3.25. The third-order valence-electron chi connectivity index (χ3n) is 2.59. The molecule has 0 saturated carbocycles. The number of rotatable bonds is 5. The molecule has 1 rings (SSSR count). The second-order valence-electron chi connectivity index (χ2n) is 4.00. The van der Waals surface area contributed by atoms with Crippen molar-refractivity contribution in [2.45, 2.75) is 25.8 Å². The Balaban J connectivity index is 2.77. The summed E-state index contributed by atoms with van der Waals surface area (Å²) in [5.74, 6) is -0.912. The van der Waals surface area contributed by atoms with Gasteiger partial charge >= 0.3 is 0 Å². The van der Waals surface area contributed by atoms with Crippen LogP contribution in [0.25, 0.3) is 0 Å². The molecule has 5 nitrogen and oxygen atoms in total. The van der Waals surface area contributed by atoms with E-state index in [9.17, 15) is 9.18 Å². The van der Waals surface area contributed by atoms with Crippen molar-refractivity contribution in [3.8, 4) is 0 Å². The van der Waals surface area contributed by atoms with Gasteiger partial charge in [-0.3, -0.25) is 4.79 Å². The SMILES string of the molecule is CCC(CC(N)=NO)NC(=O)c1ccc(F)cc1Cl. The normalized spacial score (nSPS) is 13.1. The molecule has 0 aliphatic heterocycles. The second kappa shape index (κ2) is 6.94. The molecule has 0 aliphatic rings. The number of nitrogens with zero attached hydrogens (tertiary/aromatic N) is 1. The smallest absolute Gasteiger partial charge is 0.253 e. The van der Waals surface area contributed by atoms with Crippen LogP contribution in [-0.2, 0) is 0 Å². The maximum absolute atomic E-state index is 12.9. The Hall–Kier alpha value is -1.82. The predicted molar refractivity (Wildman–Crippen MR) is 71.0 cm³/mol. The van der Waals surface area contributed by atoms with Gasteiger partial charge in [0, 0.05) is 12.5 Å². The molecule has 4 N–H and O–H groups in total. The van der Waals surface area contributed by atoms with Gasteiger partial charge in [0.05, 0.1) is 10.6 Å². The number of carbonyl (C=O) groups is 1. The molecule has 19 heavy (non-hydrogen) atoms. The van der Waals surface area contributed by atoms with Crippen molar-refractivity contribution < 1.29 is 14.4 Å². The molecule has 0 aliphatic carbocycles. The van der Waals surface area contributed by atoms with E-state index in [-0.39, 0.29) is 28.9 Å². The van der Waals surface area contributed by atoms with Crippen molar-refractivity contribution in [1.29, 1.82) is 0 Å². The fourth-order valence-corrected chi connectivity index (χ4v) is 1.78. The lowest BCUT2D eigenvalue weighted by molar-refractivity contribution is 0.0937. The van der Waals surface area contributed by atoms with Crippen molar-refractivity contribution in [2.75, 3.05) is 0 Å². The minimum absolute atomic E-state index is 0.0253. The number of amides is 1. The van der Waals surface area contributed by atoms with Gasteiger partial charge in [-0.15, -0.1) is 0 Å². The Morgan fingerprint density at radius 2 is 2.32 bits per heavy atom. The highest BCUT2D eigenvalue weighted by molar-refractivity contribution is 6.33. The number of hydrogen-bond acceptors (Lipinski definition) is 3. The summed E-state index contributed by atoms with van der Waals surface area (Å²) in [5, 5.41) is 14.1. The molecule has 1 aromatic carbocycles. The zero-order valence-corrected chi connectivity index (χ0v) is 11.1. The van der Waals surface area contributed by atoms with Crippen LogP contribution in [0, 0.1) is 5.82 Å². The van der Waals surface area contributed by atoms with Crippen LogP contribution >= 0.6 is 11.6 Å². The molecular formula is C12H15ClFN3O2. The zero-order chi connectivity index (χ0) is 14.4. The first-order valence-electron chi connectivity index (χ1n) is 5.70. The minimum Gasteiger partial charge on any atom is -0.409 e. The van der Waals surface area contributed by atoms with E-state index in [1.807, 2.05) is 6.92 Å². The van der Waals surface area contributed by atoms with Crippen LogP contribution in [0.2, 0.25) is 5.02 Å². The maximum Gasteiger partial charge on any atom is 0.253 e. The Labute approximate surface area is 115 Å². The molecule has 0 bridgehead atoms. The Bertz CT molecular complexity index is 494. The topological polar surface area (TPSA) is 87.7 Å². The molecule has 0 radical (unpaired) electrons. The summed E-state index contributed by atoms with van der Waals surface area (Å²) in [5.41, 5.74) is 5.57. The zero-order valence-electron chi connectivity index (χ0n) is 10.4. The van der Waals surface area contributed by atoms with Gasteiger partial charge in [0.15, 0.2) is 0 Å². The molecule has 0 spiro atoms. The van der Waals surface area contributed by atoms with Crippen LogP contribution in [0.5, 0.6) is 0 Å². The van der Waals surface area contributed by atoms with Crippen LogP contribution in [-0.4, -0.2) is 23.0 Å². The Morgan fingerprint density at radius 1 is 1.63 bits per heavy atom. The summed E-state index contributed by atoms with van der Waals surface area (Å²) in [4.78, 5) is 12.0. The molecule has 0 saturated heterocycles. The Kier molecular flexibility index (Phi) is 5.57. The van der Waals surface area contributed by atoms with Crippen molar-refractivity contribution in [3.05, 3.63) is 34.6 Å². The third kappa shape index (κ3) is 4.40. The van der Waals surface area contributed by atoms with Crippen LogP contribution in [0.3, 0.4) is 0 Å². The fraction of sp³-hybridized carbons (Fsp3) is 0.333. The summed E-state index contributed by atoms with van der Waals surface area (Å²) in [6.07, 6.45) is 0.818. The quantitative estimate of drug-likeness (QED) is 0.335. The van der Waals surface area contributed by atoms with Crippen LogP contribution < -0.4 is 11.1 Å². The number of nitrogens with one attached hydrogen (secondary N) is 1. The lowest BCUT2D eigenvalue weighted by atomic mass is 10.1. The molecule has 1 aromatic rings. The highest BCUT2D eigenvalue weighted by Crippen LogP contribution is 2.17.